The number of nitrogens with zero attached hydrogens (tertiary/aromatic N) is 2. The van der Waals surface area contributed by atoms with Gasteiger partial charge in [0.2, 0.25) is 5.91 Å². The van der Waals surface area contributed by atoms with Crippen LogP contribution in [0, 0.1) is 11.8 Å². The average molecular weight is 538 g/mol. The number of thioether (sulfide) groups is 1. The third kappa shape index (κ3) is 6.63. The van der Waals surface area contributed by atoms with Crippen molar-refractivity contribution in [2.24, 2.45) is 11.8 Å². The molecule has 1 aromatic rings. The minimum atomic E-state index is 0.192. The molecule has 3 unspecified atom stereocenters. The number of hydrazine groups is 1. The molecule has 4 nitrogen and oxygen atoms in total. The Bertz CT molecular complexity index is 879. The van der Waals surface area contributed by atoms with Crippen molar-refractivity contribution in [3.8, 4) is 0 Å². The Hall–Kier alpha value is -1.04. The maximum absolute atomic E-state index is 14.1. The largest absolute Gasteiger partial charge is 0.336 e. The molecule has 0 spiro atoms. The van der Waals surface area contributed by atoms with Crippen LogP contribution in [0.2, 0.25) is 0 Å². The highest BCUT2D eigenvalue weighted by molar-refractivity contribution is 8.00. The van der Waals surface area contributed by atoms with E-state index in [4.69, 9.17) is 0 Å². The lowest BCUT2D eigenvalue weighted by molar-refractivity contribution is -0.134. The van der Waals surface area contributed by atoms with E-state index >= 15 is 0 Å². The summed E-state index contributed by atoms with van der Waals surface area (Å²) in [6.45, 7) is 2.92. The van der Waals surface area contributed by atoms with Crippen molar-refractivity contribution in [2.45, 2.75) is 131 Å². The van der Waals surface area contributed by atoms with Crippen LogP contribution in [0.3, 0.4) is 0 Å². The molecule has 5 atom stereocenters. The molecule has 1 amide bonds. The van der Waals surface area contributed by atoms with Gasteiger partial charge in [0.1, 0.15) is 0 Å². The van der Waals surface area contributed by atoms with Crippen molar-refractivity contribution in [3.63, 3.8) is 0 Å². The van der Waals surface area contributed by atoms with E-state index in [-0.39, 0.29) is 5.92 Å². The lowest BCUT2D eigenvalue weighted by atomic mass is 9.93. The summed E-state index contributed by atoms with van der Waals surface area (Å²) in [5.74, 6) is 1.99. The van der Waals surface area contributed by atoms with Gasteiger partial charge in [0.15, 0.2) is 0 Å². The zero-order chi connectivity index (χ0) is 25.7. The van der Waals surface area contributed by atoms with Crippen LogP contribution in [0.4, 0.5) is 0 Å². The van der Waals surface area contributed by atoms with Crippen LogP contribution < -0.4 is 5.43 Å². The van der Waals surface area contributed by atoms with Gasteiger partial charge in [0.05, 0.1) is 6.04 Å². The summed E-state index contributed by atoms with van der Waals surface area (Å²) < 4.78 is 0. The smallest absolute Gasteiger partial charge is 0.226 e. The topological polar surface area (TPSA) is 35.6 Å². The van der Waals surface area contributed by atoms with Crippen molar-refractivity contribution < 1.29 is 4.79 Å². The van der Waals surface area contributed by atoms with E-state index in [2.05, 4.69) is 57.4 Å². The fourth-order valence-corrected chi connectivity index (χ4v) is 9.88. The van der Waals surface area contributed by atoms with E-state index in [0.29, 0.717) is 29.2 Å². The first-order valence-electron chi connectivity index (χ1n) is 16.3. The van der Waals surface area contributed by atoms with Gasteiger partial charge in [-0.3, -0.25) is 10.2 Å². The van der Waals surface area contributed by atoms with Gasteiger partial charge in [-0.2, -0.15) is 11.8 Å². The van der Waals surface area contributed by atoms with E-state index in [9.17, 15) is 4.79 Å². The highest BCUT2D eigenvalue weighted by Gasteiger charge is 2.48. The molecule has 6 rings (SSSR count). The van der Waals surface area contributed by atoms with Gasteiger partial charge >= 0.3 is 0 Å². The Labute approximate surface area is 236 Å². The summed E-state index contributed by atoms with van der Waals surface area (Å²) in [5.41, 5.74) is 5.14. The van der Waals surface area contributed by atoms with E-state index in [0.717, 1.165) is 37.2 Å². The first kappa shape index (κ1) is 27.1. The molecule has 0 bridgehead atoms. The van der Waals surface area contributed by atoms with Gasteiger partial charge in [0.25, 0.3) is 0 Å². The van der Waals surface area contributed by atoms with E-state index in [1.807, 2.05) is 0 Å². The number of nitrogens with one attached hydrogen (secondary N) is 1. The summed E-state index contributed by atoms with van der Waals surface area (Å²) >= 11 is 2.27. The first-order valence-corrected chi connectivity index (χ1v) is 17.2. The predicted molar refractivity (Wildman–Crippen MR) is 159 cm³/mol. The van der Waals surface area contributed by atoms with Gasteiger partial charge < -0.3 is 4.90 Å². The van der Waals surface area contributed by atoms with Crippen LogP contribution >= 0.6 is 11.8 Å². The molecule has 3 saturated carbocycles. The van der Waals surface area contributed by atoms with Gasteiger partial charge in [-0.1, -0.05) is 88.1 Å². The summed E-state index contributed by atoms with van der Waals surface area (Å²) in [6.07, 6.45) is 21.9. The molecule has 0 radical (unpaired) electrons. The van der Waals surface area contributed by atoms with Crippen molar-refractivity contribution in [1.29, 1.82) is 0 Å². The Morgan fingerprint density at radius 2 is 1.55 bits per heavy atom. The number of benzene rings is 1. The second-order valence-electron chi connectivity index (χ2n) is 13.1. The zero-order valence-electron chi connectivity index (χ0n) is 23.6. The molecule has 5 heteroatoms. The highest BCUT2D eigenvalue weighted by atomic mass is 32.2. The van der Waals surface area contributed by atoms with Gasteiger partial charge in [-0.25, -0.2) is 5.01 Å². The minimum absolute atomic E-state index is 0.192. The van der Waals surface area contributed by atoms with Crippen molar-refractivity contribution in [2.75, 3.05) is 19.6 Å². The second kappa shape index (κ2) is 13.1. The number of hydrogen-bond donors (Lipinski definition) is 1. The maximum Gasteiger partial charge on any atom is 0.226 e. The molecule has 1 N–H and O–H groups in total. The molecule has 2 saturated heterocycles. The minimum Gasteiger partial charge on any atom is -0.336 e. The molecule has 0 aromatic heterocycles. The summed E-state index contributed by atoms with van der Waals surface area (Å²) in [7, 11) is 0. The van der Waals surface area contributed by atoms with Crippen LogP contribution in [-0.2, 0) is 4.79 Å². The van der Waals surface area contributed by atoms with Gasteiger partial charge in [0, 0.05) is 42.1 Å². The number of carbonyl (C=O) groups excluding carboxylic acids is 1. The van der Waals surface area contributed by atoms with Crippen LogP contribution in [0.5, 0.6) is 0 Å². The van der Waals surface area contributed by atoms with E-state index < -0.39 is 0 Å². The third-order valence-electron chi connectivity index (χ3n) is 10.5. The fourth-order valence-electron chi connectivity index (χ4n) is 8.10. The second-order valence-corrected chi connectivity index (χ2v) is 14.7. The summed E-state index contributed by atoms with van der Waals surface area (Å²) in [4.78, 5) is 16.5. The van der Waals surface area contributed by atoms with Crippen LogP contribution in [-0.4, -0.2) is 58.0 Å². The van der Waals surface area contributed by atoms with E-state index in [1.54, 1.807) is 0 Å². The first-order chi connectivity index (χ1) is 18.8. The Kier molecular flexibility index (Phi) is 9.35. The highest BCUT2D eigenvalue weighted by Crippen LogP contribution is 2.49. The van der Waals surface area contributed by atoms with Crippen molar-refractivity contribution in [1.82, 2.24) is 15.3 Å². The molecule has 3 aliphatic carbocycles. The fraction of sp³-hybridized carbons (Fsp3) is 0.788. The molecular formula is C33H51N3OS. The molecule has 38 heavy (non-hydrogen) atoms. The van der Waals surface area contributed by atoms with Crippen LogP contribution in [0.25, 0.3) is 0 Å². The molecule has 5 aliphatic rings. The molecule has 2 heterocycles. The average Bonchev–Trinajstić information content (AvgIpc) is 3.48. The normalized spacial score (nSPS) is 33.9. The third-order valence-corrected chi connectivity index (χ3v) is 12.2. The summed E-state index contributed by atoms with van der Waals surface area (Å²) in [5, 5.41) is 4.01. The van der Waals surface area contributed by atoms with Crippen LogP contribution in [0.1, 0.15) is 114 Å². The van der Waals surface area contributed by atoms with E-state index in [1.165, 1.54) is 102 Å². The molecular weight excluding hydrogens is 486 g/mol. The number of amides is 1. The Morgan fingerprint density at radius 1 is 0.868 bits per heavy atom. The molecule has 2 aliphatic heterocycles. The Balaban J connectivity index is 1.12. The molecule has 210 valence electrons. The zero-order valence-corrected chi connectivity index (χ0v) is 24.4. The maximum atomic E-state index is 14.1. The number of rotatable bonds is 7. The van der Waals surface area contributed by atoms with Gasteiger partial charge in [-0.05, 0) is 62.3 Å². The Morgan fingerprint density at radius 3 is 2.29 bits per heavy atom. The lowest BCUT2D eigenvalue weighted by Crippen LogP contribution is -2.47. The quantitative estimate of drug-likeness (QED) is 0.375. The van der Waals surface area contributed by atoms with Crippen molar-refractivity contribution >= 4 is 17.7 Å². The molecule has 5 fully saturated rings. The standard InChI is InChI=1S/C33H51N3OS/c37-33(31-21-30(31)25-13-9-6-10-14-25)35(24-29-19-20-32(38-29)26-15-7-4-5-8-16-26)28-22-34-36(23-28)27-17-11-2-1-3-12-18-27/h6,9-10,13-14,26-32,34H,1-5,7-8,11-12,15-24H2/t28?,29?,30-,31+,32?/m1/s1. The summed E-state index contributed by atoms with van der Waals surface area (Å²) in [6, 6.07) is 11.8. The number of carbonyl (C=O) groups is 1. The lowest BCUT2D eigenvalue weighted by Gasteiger charge is -2.33. The molecule has 1 aromatic carbocycles. The SMILES string of the molecule is O=C([C@H]1C[C@@H]1c1ccccc1)N(CC1CCC(C2CCCCCC2)S1)C1CNN(C2CCCCCCC2)C1. The predicted octanol–water partition coefficient (Wildman–Crippen LogP) is 7.16. The monoisotopic (exact) mass is 537 g/mol. The van der Waals surface area contributed by atoms with Crippen LogP contribution in [0.15, 0.2) is 30.3 Å². The van der Waals surface area contributed by atoms with Gasteiger partial charge in [-0.15, -0.1) is 0 Å². The van der Waals surface area contributed by atoms with Crippen molar-refractivity contribution in [3.05, 3.63) is 35.9 Å². The number of hydrogen-bond acceptors (Lipinski definition) is 4.